The highest BCUT2D eigenvalue weighted by atomic mass is 35.5. The molecule has 0 spiro atoms. The van der Waals surface area contributed by atoms with E-state index in [1.54, 1.807) is 24.1 Å². The van der Waals surface area contributed by atoms with Gasteiger partial charge in [0.2, 0.25) is 5.91 Å². The third-order valence-corrected chi connectivity index (χ3v) is 4.71. The summed E-state index contributed by atoms with van der Waals surface area (Å²) in [4.78, 5) is 18.4. The van der Waals surface area contributed by atoms with Gasteiger partial charge in [-0.2, -0.15) is 4.98 Å². The van der Waals surface area contributed by atoms with E-state index in [0.717, 1.165) is 5.69 Å². The molecular weight excluding hydrogens is 373 g/mol. The van der Waals surface area contributed by atoms with Gasteiger partial charge in [-0.15, -0.1) is 0 Å². The lowest BCUT2D eigenvalue weighted by Crippen LogP contribution is -2.24. The Morgan fingerprint density at radius 1 is 1.26 bits per heavy atom. The van der Waals surface area contributed by atoms with Gasteiger partial charge in [0.15, 0.2) is 5.82 Å². The molecule has 2 heterocycles. The lowest BCUT2D eigenvalue weighted by atomic mass is 10.1. The van der Waals surface area contributed by atoms with E-state index >= 15 is 0 Å². The number of amides is 1. The molecule has 1 saturated heterocycles. The smallest absolute Gasteiger partial charge is 0.260 e. The summed E-state index contributed by atoms with van der Waals surface area (Å²) in [6, 6.07) is 11.3. The molecule has 6 nitrogen and oxygen atoms in total. The van der Waals surface area contributed by atoms with Crippen molar-refractivity contribution < 1.29 is 18.4 Å². The van der Waals surface area contributed by atoms with Gasteiger partial charge in [0.25, 0.3) is 5.89 Å². The molecule has 1 unspecified atom stereocenters. The van der Waals surface area contributed by atoms with Gasteiger partial charge in [-0.05, 0) is 42.5 Å². The Balaban J connectivity index is 1.56. The van der Waals surface area contributed by atoms with Crippen LogP contribution in [0.25, 0.3) is 11.5 Å². The molecule has 0 radical (unpaired) electrons. The Hall–Kier alpha value is -2.93. The van der Waals surface area contributed by atoms with E-state index in [1.807, 2.05) is 12.1 Å². The Kier molecular flexibility index (Phi) is 4.53. The SMILES string of the molecule is COc1ccc(N2CC(c3noc(-c4cc(Cl)ccc4F)n3)CC2=O)cc1. The molecule has 3 aromatic rings. The van der Waals surface area contributed by atoms with Crippen LogP contribution in [0, 0.1) is 5.82 Å². The number of hydrogen-bond acceptors (Lipinski definition) is 5. The minimum absolute atomic E-state index is 0.0366. The largest absolute Gasteiger partial charge is 0.497 e. The molecule has 0 saturated carbocycles. The number of benzene rings is 2. The third kappa shape index (κ3) is 3.38. The third-order valence-electron chi connectivity index (χ3n) is 4.47. The van der Waals surface area contributed by atoms with E-state index in [4.69, 9.17) is 20.9 Å². The fourth-order valence-corrected chi connectivity index (χ4v) is 3.24. The minimum atomic E-state index is -0.503. The first-order valence-electron chi connectivity index (χ1n) is 8.28. The maximum Gasteiger partial charge on any atom is 0.260 e. The summed E-state index contributed by atoms with van der Waals surface area (Å²) in [6.07, 6.45) is 0.253. The normalized spacial score (nSPS) is 16.8. The van der Waals surface area contributed by atoms with Crippen LogP contribution in [0.5, 0.6) is 5.75 Å². The standard InChI is InChI=1S/C19H15ClFN3O3/c1-26-14-5-3-13(4-6-14)24-10-11(8-17(24)25)18-22-19(27-23-18)15-9-12(20)2-7-16(15)21/h2-7,9,11H,8,10H2,1H3. The monoisotopic (exact) mass is 387 g/mol. The van der Waals surface area contributed by atoms with Gasteiger partial charge in [-0.1, -0.05) is 16.8 Å². The predicted molar refractivity (Wildman–Crippen MR) is 97.4 cm³/mol. The Bertz CT molecular complexity index is 990. The number of hydrogen-bond donors (Lipinski definition) is 0. The maximum atomic E-state index is 14.0. The van der Waals surface area contributed by atoms with Gasteiger partial charge in [-0.25, -0.2) is 4.39 Å². The second-order valence-electron chi connectivity index (χ2n) is 6.19. The summed E-state index contributed by atoms with van der Waals surface area (Å²) in [6.45, 7) is 0.419. The van der Waals surface area contributed by atoms with Crippen LogP contribution < -0.4 is 9.64 Å². The number of aromatic nitrogens is 2. The lowest BCUT2D eigenvalue weighted by Gasteiger charge is -2.16. The molecule has 27 heavy (non-hydrogen) atoms. The lowest BCUT2D eigenvalue weighted by molar-refractivity contribution is -0.117. The number of nitrogens with zero attached hydrogens (tertiary/aromatic N) is 3. The number of ether oxygens (including phenoxy) is 1. The highest BCUT2D eigenvalue weighted by molar-refractivity contribution is 6.30. The van der Waals surface area contributed by atoms with Gasteiger partial charge < -0.3 is 14.2 Å². The Morgan fingerprint density at radius 3 is 2.78 bits per heavy atom. The molecule has 1 amide bonds. The molecule has 1 aromatic heterocycles. The van der Waals surface area contributed by atoms with Crippen molar-refractivity contribution in [1.82, 2.24) is 10.1 Å². The van der Waals surface area contributed by atoms with E-state index in [9.17, 15) is 9.18 Å². The second kappa shape index (κ2) is 7.00. The average Bonchev–Trinajstić information content (AvgIpc) is 3.31. The maximum absolute atomic E-state index is 14.0. The number of halogens is 2. The molecule has 1 aliphatic rings. The molecule has 1 aliphatic heterocycles. The number of methoxy groups -OCH3 is 1. The molecule has 8 heteroatoms. The van der Waals surface area contributed by atoms with Gasteiger partial charge in [0, 0.05) is 29.6 Å². The molecule has 1 fully saturated rings. The summed E-state index contributed by atoms with van der Waals surface area (Å²) < 4.78 is 24.3. The molecule has 2 aromatic carbocycles. The molecule has 0 bridgehead atoms. The summed E-state index contributed by atoms with van der Waals surface area (Å²) in [5.74, 6) is 0.351. The Labute approximate surface area is 159 Å². The quantitative estimate of drug-likeness (QED) is 0.675. The van der Waals surface area contributed by atoms with Crippen LogP contribution in [0.15, 0.2) is 47.0 Å². The number of carbonyl (C=O) groups excluding carboxylic acids is 1. The van der Waals surface area contributed by atoms with Crippen molar-refractivity contribution in [1.29, 1.82) is 0 Å². The average molecular weight is 388 g/mol. The van der Waals surface area contributed by atoms with Gasteiger partial charge >= 0.3 is 0 Å². The Morgan fingerprint density at radius 2 is 2.04 bits per heavy atom. The van der Waals surface area contributed by atoms with E-state index in [0.29, 0.717) is 23.1 Å². The molecule has 4 rings (SSSR count). The zero-order chi connectivity index (χ0) is 19.0. The van der Waals surface area contributed by atoms with Gasteiger partial charge in [0.05, 0.1) is 12.7 Å². The molecule has 0 aliphatic carbocycles. The number of rotatable bonds is 4. The van der Waals surface area contributed by atoms with Crippen LogP contribution in [-0.2, 0) is 4.79 Å². The first-order chi connectivity index (χ1) is 13.0. The minimum Gasteiger partial charge on any atom is -0.497 e. The van der Waals surface area contributed by atoms with Crippen LogP contribution in [0.3, 0.4) is 0 Å². The molecule has 1 atom stereocenters. The fraction of sp³-hybridized carbons (Fsp3) is 0.211. The van der Waals surface area contributed by atoms with Crippen molar-refractivity contribution in [3.63, 3.8) is 0 Å². The highest BCUT2D eigenvalue weighted by Crippen LogP contribution is 2.33. The van der Waals surface area contributed by atoms with Crippen molar-refractivity contribution in [3.05, 3.63) is 59.1 Å². The van der Waals surface area contributed by atoms with Crippen LogP contribution in [0.2, 0.25) is 5.02 Å². The molecule has 0 N–H and O–H groups in total. The first-order valence-corrected chi connectivity index (χ1v) is 8.66. The van der Waals surface area contributed by atoms with E-state index in [-0.39, 0.29) is 29.7 Å². The summed E-state index contributed by atoms with van der Waals surface area (Å²) >= 11 is 5.91. The highest BCUT2D eigenvalue weighted by Gasteiger charge is 2.34. The van der Waals surface area contributed by atoms with Crippen molar-refractivity contribution >= 4 is 23.2 Å². The van der Waals surface area contributed by atoms with Crippen LogP contribution in [-0.4, -0.2) is 29.7 Å². The zero-order valence-electron chi connectivity index (χ0n) is 14.4. The van der Waals surface area contributed by atoms with Crippen molar-refractivity contribution in [2.45, 2.75) is 12.3 Å². The zero-order valence-corrected chi connectivity index (χ0v) is 15.1. The fourth-order valence-electron chi connectivity index (χ4n) is 3.06. The van der Waals surface area contributed by atoms with Crippen LogP contribution in [0.4, 0.5) is 10.1 Å². The van der Waals surface area contributed by atoms with Crippen LogP contribution >= 0.6 is 11.6 Å². The number of anilines is 1. The van der Waals surface area contributed by atoms with Crippen molar-refractivity contribution in [2.75, 3.05) is 18.6 Å². The van der Waals surface area contributed by atoms with Crippen molar-refractivity contribution in [2.24, 2.45) is 0 Å². The van der Waals surface area contributed by atoms with Gasteiger partial charge in [-0.3, -0.25) is 4.79 Å². The molecular formula is C19H15ClFN3O3. The second-order valence-corrected chi connectivity index (χ2v) is 6.62. The summed E-state index contributed by atoms with van der Waals surface area (Å²) in [7, 11) is 1.59. The topological polar surface area (TPSA) is 68.5 Å². The van der Waals surface area contributed by atoms with E-state index in [2.05, 4.69) is 10.1 Å². The predicted octanol–water partition coefficient (Wildman–Crippen LogP) is 4.06. The van der Waals surface area contributed by atoms with E-state index < -0.39 is 5.82 Å². The number of carbonyl (C=O) groups is 1. The first kappa shape index (κ1) is 17.5. The summed E-state index contributed by atoms with van der Waals surface area (Å²) in [5, 5.41) is 4.31. The molecule has 138 valence electrons. The van der Waals surface area contributed by atoms with Crippen molar-refractivity contribution in [3.8, 4) is 17.2 Å². The van der Waals surface area contributed by atoms with E-state index in [1.165, 1.54) is 18.2 Å². The van der Waals surface area contributed by atoms with Gasteiger partial charge in [0.1, 0.15) is 11.6 Å². The van der Waals surface area contributed by atoms with Crippen LogP contribution in [0.1, 0.15) is 18.2 Å². The summed E-state index contributed by atoms with van der Waals surface area (Å²) in [5.41, 5.74) is 0.908.